The molecule has 0 fully saturated rings. The van der Waals surface area contributed by atoms with Crippen molar-refractivity contribution in [2.24, 2.45) is 5.10 Å². The smallest absolute Gasteiger partial charge is 0.0946 e. The molecule has 2 heterocycles. The molecule has 3 nitrogen and oxygen atoms in total. The lowest BCUT2D eigenvalue weighted by Gasteiger charge is -1.93. The summed E-state index contributed by atoms with van der Waals surface area (Å²) >= 11 is 0. The molecule has 0 aliphatic carbocycles. The first-order valence-corrected chi connectivity index (χ1v) is 3.31. The molecule has 0 spiro atoms. The van der Waals surface area contributed by atoms with E-state index in [1.807, 2.05) is 18.2 Å². The van der Waals surface area contributed by atoms with Crippen molar-refractivity contribution in [1.82, 2.24) is 10.4 Å². The summed E-state index contributed by atoms with van der Waals surface area (Å²) in [5.41, 5.74) is 5.68. The Bertz CT molecular complexity index is 300. The van der Waals surface area contributed by atoms with E-state index in [0.29, 0.717) is 0 Å². The molecule has 11 heavy (non-hydrogen) atoms. The highest BCUT2D eigenvalue weighted by molar-refractivity contribution is 6.09. The van der Waals surface area contributed by atoms with Crippen LogP contribution in [-0.4, -0.2) is 10.7 Å². The molecule has 1 aromatic heterocycles. The Morgan fingerprint density at radius 2 is 1.91 bits per heavy atom. The Labute approximate surface area is 64.5 Å². The van der Waals surface area contributed by atoms with Gasteiger partial charge in [0, 0.05) is 18.0 Å². The molecular weight excluding hydrogens is 138 g/mol. The van der Waals surface area contributed by atoms with Gasteiger partial charge in [-0.05, 0) is 18.2 Å². The topological polar surface area (TPSA) is 39.4 Å². The largest absolute Gasteiger partial charge is 0.265 e. The summed E-state index contributed by atoms with van der Waals surface area (Å²) in [5, 5.41) is 3.91. The second kappa shape index (κ2) is 2.54. The molecule has 0 amide bonds. The molecule has 1 radical (unpaired) electrons. The zero-order valence-electron chi connectivity index (χ0n) is 5.81. The number of nitrogens with zero attached hydrogens (tertiary/aromatic N) is 3. The standard InChI is InChI=1S/C8H6N3/c1-4-9-5-2-7(1)8-3-6-10-11-8/h1-6H. The summed E-state index contributed by atoms with van der Waals surface area (Å²) in [5.74, 6) is 0. The molecule has 0 bridgehead atoms. The van der Waals surface area contributed by atoms with Crippen molar-refractivity contribution < 1.29 is 0 Å². The van der Waals surface area contributed by atoms with Gasteiger partial charge >= 0.3 is 0 Å². The van der Waals surface area contributed by atoms with Crippen molar-refractivity contribution in [3.05, 3.63) is 42.4 Å². The van der Waals surface area contributed by atoms with Gasteiger partial charge in [-0.15, -0.1) is 0 Å². The van der Waals surface area contributed by atoms with Crippen molar-refractivity contribution >= 4 is 5.71 Å². The van der Waals surface area contributed by atoms with Crippen molar-refractivity contribution in [3.8, 4) is 0 Å². The Kier molecular flexibility index (Phi) is 1.41. The molecule has 3 heteroatoms. The summed E-state index contributed by atoms with van der Waals surface area (Å²) in [4.78, 5) is 3.91. The summed E-state index contributed by atoms with van der Waals surface area (Å²) in [6.07, 6.45) is 7.03. The maximum atomic E-state index is 3.91. The van der Waals surface area contributed by atoms with Crippen LogP contribution >= 0.6 is 0 Å². The Hall–Kier alpha value is -1.64. The van der Waals surface area contributed by atoms with Gasteiger partial charge in [0.1, 0.15) is 0 Å². The highest BCUT2D eigenvalue weighted by Gasteiger charge is 2.02. The molecule has 53 valence electrons. The Morgan fingerprint density at radius 1 is 1.09 bits per heavy atom. The van der Waals surface area contributed by atoms with E-state index >= 15 is 0 Å². The minimum absolute atomic E-state index is 0.896. The quantitative estimate of drug-likeness (QED) is 0.577. The first-order valence-electron chi connectivity index (χ1n) is 3.31. The van der Waals surface area contributed by atoms with Gasteiger partial charge in [0.15, 0.2) is 0 Å². The van der Waals surface area contributed by atoms with E-state index in [2.05, 4.69) is 15.5 Å². The number of pyridine rings is 1. The summed E-state index contributed by atoms with van der Waals surface area (Å²) in [7, 11) is 0. The molecule has 0 atom stereocenters. The Morgan fingerprint density at radius 3 is 2.55 bits per heavy atom. The minimum Gasteiger partial charge on any atom is -0.265 e. The van der Waals surface area contributed by atoms with Crippen LogP contribution in [0.15, 0.2) is 41.9 Å². The number of aromatic nitrogens is 1. The van der Waals surface area contributed by atoms with Crippen molar-refractivity contribution in [2.45, 2.75) is 0 Å². The van der Waals surface area contributed by atoms with Gasteiger partial charge in [0.25, 0.3) is 0 Å². The van der Waals surface area contributed by atoms with Crippen LogP contribution < -0.4 is 5.43 Å². The van der Waals surface area contributed by atoms with Gasteiger partial charge in [0.05, 0.1) is 11.9 Å². The molecule has 0 saturated carbocycles. The number of rotatable bonds is 1. The lowest BCUT2D eigenvalue weighted by Crippen LogP contribution is -1.93. The summed E-state index contributed by atoms with van der Waals surface area (Å²) in [6.45, 7) is 0. The number of hydrogen-bond acceptors (Lipinski definition) is 2. The van der Waals surface area contributed by atoms with Gasteiger partial charge in [-0.1, -0.05) is 0 Å². The Balaban J connectivity index is 2.37. The van der Waals surface area contributed by atoms with Gasteiger partial charge in [-0.25, -0.2) is 0 Å². The van der Waals surface area contributed by atoms with E-state index < -0.39 is 0 Å². The van der Waals surface area contributed by atoms with E-state index in [0.717, 1.165) is 11.3 Å². The van der Waals surface area contributed by atoms with Crippen molar-refractivity contribution in [2.75, 3.05) is 0 Å². The average Bonchev–Trinajstić information content (AvgIpc) is 2.58. The fraction of sp³-hybridized carbons (Fsp3) is 0. The van der Waals surface area contributed by atoms with E-state index in [1.54, 1.807) is 18.6 Å². The third-order valence-electron chi connectivity index (χ3n) is 1.44. The molecule has 0 saturated heterocycles. The van der Waals surface area contributed by atoms with Crippen LogP contribution in [0.5, 0.6) is 0 Å². The monoisotopic (exact) mass is 144 g/mol. The third kappa shape index (κ3) is 1.12. The van der Waals surface area contributed by atoms with Crippen molar-refractivity contribution in [1.29, 1.82) is 0 Å². The van der Waals surface area contributed by atoms with Gasteiger partial charge in [-0.2, -0.15) is 10.5 Å². The SMILES string of the molecule is C1=CC(c2ccncc2)=N[N]1. The average molecular weight is 144 g/mol. The second-order valence-corrected chi connectivity index (χ2v) is 2.15. The molecule has 1 aromatic rings. The van der Waals surface area contributed by atoms with E-state index in [1.165, 1.54) is 0 Å². The van der Waals surface area contributed by atoms with E-state index in [-0.39, 0.29) is 0 Å². The van der Waals surface area contributed by atoms with Crippen LogP contribution in [0.2, 0.25) is 0 Å². The lowest BCUT2D eigenvalue weighted by molar-refractivity contribution is 0.972. The zero-order chi connectivity index (χ0) is 7.52. The van der Waals surface area contributed by atoms with Crippen molar-refractivity contribution in [3.63, 3.8) is 0 Å². The number of hydrogen-bond donors (Lipinski definition) is 0. The molecule has 1 aliphatic heterocycles. The highest BCUT2D eigenvalue weighted by atomic mass is 15.3. The second-order valence-electron chi connectivity index (χ2n) is 2.15. The van der Waals surface area contributed by atoms with Crippen LogP contribution in [0, 0.1) is 0 Å². The van der Waals surface area contributed by atoms with Crippen LogP contribution in [0.3, 0.4) is 0 Å². The van der Waals surface area contributed by atoms with Gasteiger partial charge in [-0.3, -0.25) is 4.98 Å². The van der Waals surface area contributed by atoms with Crippen LogP contribution in [0.25, 0.3) is 0 Å². The normalized spacial score (nSPS) is 14.4. The van der Waals surface area contributed by atoms with Crippen LogP contribution in [0.1, 0.15) is 5.56 Å². The van der Waals surface area contributed by atoms with Crippen LogP contribution in [0.4, 0.5) is 0 Å². The maximum Gasteiger partial charge on any atom is 0.0946 e. The zero-order valence-corrected chi connectivity index (χ0v) is 5.81. The first-order chi connectivity index (χ1) is 5.47. The predicted molar refractivity (Wildman–Crippen MR) is 42.0 cm³/mol. The summed E-state index contributed by atoms with van der Waals surface area (Å²) in [6, 6.07) is 3.81. The lowest BCUT2D eigenvalue weighted by atomic mass is 10.2. The highest BCUT2D eigenvalue weighted by Crippen LogP contribution is 2.03. The van der Waals surface area contributed by atoms with Gasteiger partial charge in [0.2, 0.25) is 0 Å². The predicted octanol–water partition coefficient (Wildman–Crippen LogP) is 0.917. The van der Waals surface area contributed by atoms with Crippen LogP contribution in [-0.2, 0) is 0 Å². The molecular formula is C8H6N3. The maximum absolute atomic E-state index is 3.91. The molecule has 2 rings (SSSR count). The number of allylic oxidation sites excluding steroid dienone is 1. The van der Waals surface area contributed by atoms with E-state index in [9.17, 15) is 0 Å². The summed E-state index contributed by atoms with van der Waals surface area (Å²) < 4.78 is 0. The third-order valence-corrected chi connectivity index (χ3v) is 1.44. The van der Waals surface area contributed by atoms with E-state index in [4.69, 9.17) is 0 Å². The first kappa shape index (κ1) is 6.09. The van der Waals surface area contributed by atoms with Gasteiger partial charge < -0.3 is 0 Å². The minimum atomic E-state index is 0.896. The molecule has 0 unspecified atom stereocenters. The fourth-order valence-corrected chi connectivity index (χ4v) is 0.909. The molecule has 0 N–H and O–H groups in total. The molecule has 1 aliphatic rings. The fourth-order valence-electron chi connectivity index (χ4n) is 0.909. The molecule has 0 aromatic carbocycles.